The second kappa shape index (κ2) is 4.92. The van der Waals surface area contributed by atoms with Crippen LogP contribution in [-0.4, -0.2) is 26.9 Å². The topological polar surface area (TPSA) is 78.1 Å². The highest BCUT2D eigenvalue weighted by atomic mass is 35.5. The summed E-state index contributed by atoms with van der Waals surface area (Å²) in [7, 11) is 0. The molecule has 0 unspecified atom stereocenters. The van der Waals surface area contributed by atoms with Crippen molar-refractivity contribution in [3.8, 4) is 0 Å². The highest BCUT2D eigenvalue weighted by Gasteiger charge is 2.27. The molecule has 0 aromatic carbocycles. The van der Waals surface area contributed by atoms with Gasteiger partial charge in [-0.15, -0.1) is 11.3 Å². The fourth-order valence-electron chi connectivity index (χ4n) is 2.07. The van der Waals surface area contributed by atoms with Crippen molar-refractivity contribution in [1.82, 2.24) is 15.1 Å². The molecule has 1 aliphatic heterocycles. The molecule has 0 aliphatic carbocycles. The van der Waals surface area contributed by atoms with Crippen molar-refractivity contribution in [3.63, 3.8) is 0 Å². The standard InChI is InChI=1S/C12H11ClN4O2S/c1-6(18)17-4-7-8(5-17)15-16-11(7)14-12(19)9-2-3-10(13)20-9/h2-3H,4-5H2,1H3,(H2,14,15,16,19). The average molecular weight is 311 g/mol. The third-order valence-electron chi connectivity index (χ3n) is 3.12. The van der Waals surface area contributed by atoms with Gasteiger partial charge in [-0.1, -0.05) is 11.6 Å². The largest absolute Gasteiger partial charge is 0.333 e. The molecule has 1 aliphatic rings. The number of carbonyl (C=O) groups is 2. The molecule has 0 fully saturated rings. The van der Waals surface area contributed by atoms with Gasteiger partial charge >= 0.3 is 0 Å². The van der Waals surface area contributed by atoms with Crippen molar-refractivity contribution in [2.24, 2.45) is 0 Å². The van der Waals surface area contributed by atoms with E-state index in [9.17, 15) is 9.59 Å². The number of rotatable bonds is 2. The van der Waals surface area contributed by atoms with Gasteiger partial charge in [-0.3, -0.25) is 14.7 Å². The van der Waals surface area contributed by atoms with Gasteiger partial charge in [-0.05, 0) is 12.1 Å². The van der Waals surface area contributed by atoms with Crippen LogP contribution in [0.4, 0.5) is 5.82 Å². The molecule has 2 amide bonds. The number of nitrogens with one attached hydrogen (secondary N) is 2. The summed E-state index contributed by atoms with van der Waals surface area (Å²) in [5, 5.41) is 9.68. The first-order valence-corrected chi connectivity index (χ1v) is 7.12. The van der Waals surface area contributed by atoms with E-state index < -0.39 is 0 Å². The number of thiophene rings is 1. The summed E-state index contributed by atoms with van der Waals surface area (Å²) < 4.78 is 0.560. The van der Waals surface area contributed by atoms with E-state index in [0.29, 0.717) is 28.1 Å². The van der Waals surface area contributed by atoms with Crippen LogP contribution in [0.3, 0.4) is 0 Å². The average Bonchev–Trinajstić information content (AvgIpc) is 3.05. The van der Waals surface area contributed by atoms with E-state index in [1.54, 1.807) is 17.0 Å². The molecule has 3 heterocycles. The van der Waals surface area contributed by atoms with Crippen LogP contribution >= 0.6 is 22.9 Å². The molecule has 0 radical (unpaired) electrons. The fraction of sp³-hybridized carbons (Fsp3) is 0.250. The Morgan fingerprint density at radius 2 is 2.25 bits per heavy atom. The number of aromatic amines is 1. The van der Waals surface area contributed by atoms with Crippen molar-refractivity contribution in [2.75, 3.05) is 5.32 Å². The number of hydrogen-bond donors (Lipinski definition) is 2. The first-order valence-electron chi connectivity index (χ1n) is 5.93. The number of H-pyrrole nitrogens is 1. The Morgan fingerprint density at radius 3 is 2.90 bits per heavy atom. The zero-order valence-electron chi connectivity index (χ0n) is 10.6. The summed E-state index contributed by atoms with van der Waals surface area (Å²) in [6, 6.07) is 3.34. The van der Waals surface area contributed by atoms with Crippen LogP contribution in [0.25, 0.3) is 0 Å². The maximum atomic E-state index is 12.0. The number of nitrogens with zero attached hydrogens (tertiary/aromatic N) is 2. The Balaban J connectivity index is 1.77. The second-order valence-corrected chi connectivity index (χ2v) is 6.18. The monoisotopic (exact) mass is 310 g/mol. The zero-order chi connectivity index (χ0) is 14.3. The summed E-state index contributed by atoms with van der Waals surface area (Å²) in [4.78, 5) is 25.6. The summed E-state index contributed by atoms with van der Waals surface area (Å²) >= 11 is 7.01. The molecule has 104 valence electrons. The third kappa shape index (κ3) is 2.30. The van der Waals surface area contributed by atoms with Gasteiger partial charge < -0.3 is 10.2 Å². The van der Waals surface area contributed by atoms with E-state index in [1.807, 2.05) is 0 Å². The fourth-order valence-corrected chi connectivity index (χ4v) is 3.01. The minimum Gasteiger partial charge on any atom is -0.333 e. The quantitative estimate of drug-likeness (QED) is 0.893. The van der Waals surface area contributed by atoms with Crippen LogP contribution in [0.2, 0.25) is 4.34 Å². The number of hydrogen-bond acceptors (Lipinski definition) is 4. The number of fused-ring (bicyclic) bond motifs is 1. The number of halogens is 1. The first-order chi connectivity index (χ1) is 9.54. The van der Waals surface area contributed by atoms with Crippen molar-refractivity contribution in [3.05, 3.63) is 32.6 Å². The lowest BCUT2D eigenvalue weighted by atomic mass is 10.3. The van der Waals surface area contributed by atoms with Crippen LogP contribution < -0.4 is 5.32 Å². The van der Waals surface area contributed by atoms with Crippen LogP contribution in [0.1, 0.15) is 27.9 Å². The van der Waals surface area contributed by atoms with E-state index in [0.717, 1.165) is 11.3 Å². The Kier molecular flexibility index (Phi) is 3.23. The van der Waals surface area contributed by atoms with Crippen LogP contribution in [0.5, 0.6) is 0 Å². The summed E-state index contributed by atoms with van der Waals surface area (Å²) in [5.41, 5.74) is 1.72. The molecular formula is C12H11ClN4O2S. The van der Waals surface area contributed by atoms with Crippen LogP contribution in [0, 0.1) is 0 Å². The van der Waals surface area contributed by atoms with Crippen molar-refractivity contribution in [2.45, 2.75) is 20.0 Å². The summed E-state index contributed by atoms with van der Waals surface area (Å²) in [5.74, 6) is 0.215. The van der Waals surface area contributed by atoms with E-state index >= 15 is 0 Å². The molecule has 6 nitrogen and oxygen atoms in total. The van der Waals surface area contributed by atoms with Gasteiger partial charge in [-0.2, -0.15) is 5.10 Å². The van der Waals surface area contributed by atoms with Gasteiger partial charge in [0.15, 0.2) is 5.82 Å². The molecular weight excluding hydrogens is 300 g/mol. The molecule has 0 atom stereocenters. The zero-order valence-corrected chi connectivity index (χ0v) is 12.1. The van der Waals surface area contributed by atoms with Gasteiger partial charge in [0.1, 0.15) is 0 Å². The van der Waals surface area contributed by atoms with Crippen molar-refractivity contribution < 1.29 is 9.59 Å². The van der Waals surface area contributed by atoms with Gasteiger partial charge in [-0.25, -0.2) is 0 Å². The predicted molar refractivity (Wildman–Crippen MR) is 75.8 cm³/mol. The molecule has 3 rings (SSSR count). The SMILES string of the molecule is CC(=O)N1Cc2[nH]nc(NC(=O)c3ccc(Cl)s3)c2C1. The van der Waals surface area contributed by atoms with Gasteiger partial charge in [0.05, 0.1) is 28.0 Å². The Bertz CT molecular complexity index is 693. The smallest absolute Gasteiger partial charge is 0.266 e. The molecule has 0 spiro atoms. The molecule has 0 saturated heterocycles. The normalized spacial score (nSPS) is 13.4. The van der Waals surface area contributed by atoms with E-state index in [1.165, 1.54) is 18.3 Å². The highest BCUT2D eigenvalue weighted by Crippen LogP contribution is 2.28. The molecule has 8 heteroatoms. The Labute approximate surface area is 123 Å². The van der Waals surface area contributed by atoms with Gasteiger partial charge in [0.25, 0.3) is 5.91 Å². The molecule has 0 saturated carbocycles. The molecule has 2 N–H and O–H groups in total. The Hall–Kier alpha value is -1.86. The first kappa shape index (κ1) is 13.1. The summed E-state index contributed by atoms with van der Waals surface area (Å²) in [6.45, 7) is 2.48. The van der Waals surface area contributed by atoms with Gasteiger partial charge in [0, 0.05) is 12.5 Å². The lowest BCUT2D eigenvalue weighted by Gasteiger charge is -2.12. The van der Waals surface area contributed by atoms with Gasteiger partial charge in [0.2, 0.25) is 5.91 Å². The lowest BCUT2D eigenvalue weighted by Crippen LogP contribution is -2.22. The number of amides is 2. The highest BCUT2D eigenvalue weighted by molar-refractivity contribution is 7.18. The van der Waals surface area contributed by atoms with E-state index in [2.05, 4.69) is 15.5 Å². The second-order valence-electron chi connectivity index (χ2n) is 4.46. The van der Waals surface area contributed by atoms with Crippen molar-refractivity contribution >= 4 is 40.6 Å². The molecule has 0 bridgehead atoms. The minimum atomic E-state index is -0.252. The molecule has 2 aromatic rings. The third-order valence-corrected chi connectivity index (χ3v) is 4.35. The van der Waals surface area contributed by atoms with E-state index in [-0.39, 0.29) is 11.8 Å². The number of anilines is 1. The Morgan fingerprint density at radius 1 is 1.45 bits per heavy atom. The predicted octanol–water partition coefficient (Wildman–Crippen LogP) is 2.24. The maximum Gasteiger partial charge on any atom is 0.266 e. The van der Waals surface area contributed by atoms with E-state index in [4.69, 9.17) is 11.6 Å². The lowest BCUT2D eigenvalue weighted by molar-refractivity contribution is -0.129. The molecule has 20 heavy (non-hydrogen) atoms. The number of aromatic nitrogens is 2. The molecule has 2 aromatic heterocycles. The van der Waals surface area contributed by atoms with Crippen molar-refractivity contribution in [1.29, 1.82) is 0 Å². The minimum absolute atomic E-state index is 0.00286. The maximum absolute atomic E-state index is 12.0. The summed E-state index contributed by atoms with van der Waals surface area (Å²) in [6.07, 6.45) is 0. The van der Waals surface area contributed by atoms with Crippen LogP contribution in [-0.2, 0) is 17.9 Å². The number of carbonyl (C=O) groups excluding carboxylic acids is 2. The van der Waals surface area contributed by atoms with Crippen LogP contribution in [0.15, 0.2) is 12.1 Å².